The first kappa shape index (κ1) is 20.5. The number of rotatable bonds is 5. The molecule has 30 heavy (non-hydrogen) atoms. The molecule has 0 saturated heterocycles. The number of hydrogen-bond acceptors (Lipinski definition) is 4. The third kappa shape index (κ3) is 4.37. The van der Waals surface area contributed by atoms with E-state index >= 15 is 0 Å². The number of halogens is 1. The number of nitrogens with one attached hydrogen (secondary N) is 2. The summed E-state index contributed by atoms with van der Waals surface area (Å²) in [6, 6.07) is 3.95. The number of aromatic nitrogens is 3. The Labute approximate surface area is 175 Å². The van der Waals surface area contributed by atoms with Crippen molar-refractivity contribution in [3.05, 3.63) is 29.8 Å². The molecule has 7 nitrogen and oxygen atoms in total. The van der Waals surface area contributed by atoms with Gasteiger partial charge in [0.1, 0.15) is 17.7 Å². The normalized spacial score (nSPS) is 17.8. The maximum Gasteiger partial charge on any atom is 0.247 e. The van der Waals surface area contributed by atoms with Crippen LogP contribution in [0, 0.1) is 11.7 Å². The highest BCUT2D eigenvalue weighted by atomic mass is 19.1. The molecule has 2 aromatic rings. The van der Waals surface area contributed by atoms with Crippen molar-refractivity contribution in [1.82, 2.24) is 20.1 Å². The minimum absolute atomic E-state index is 0.0763. The van der Waals surface area contributed by atoms with Crippen LogP contribution in [0.3, 0.4) is 0 Å². The predicted molar refractivity (Wildman–Crippen MR) is 111 cm³/mol. The van der Waals surface area contributed by atoms with Crippen LogP contribution in [-0.4, -0.2) is 32.6 Å². The Morgan fingerprint density at radius 1 is 1.13 bits per heavy atom. The van der Waals surface area contributed by atoms with Crippen LogP contribution in [0.25, 0.3) is 11.4 Å². The first-order valence-electron chi connectivity index (χ1n) is 10.8. The summed E-state index contributed by atoms with van der Waals surface area (Å²) >= 11 is 0. The number of fused-ring (bicyclic) bond motifs is 1. The van der Waals surface area contributed by atoms with Gasteiger partial charge in [-0.2, -0.15) is 0 Å². The second kappa shape index (κ2) is 8.93. The molecule has 1 atom stereocenters. The van der Waals surface area contributed by atoms with Crippen LogP contribution < -0.4 is 10.6 Å². The van der Waals surface area contributed by atoms with E-state index in [-0.39, 0.29) is 23.4 Å². The lowest BCUT2D eigenvalue weighted by molar-refractivity contribution is -0.126. The molecule has 0 bridgehead atoms. The number of anilines is 1. The van der Waals surface area contributed by atoms with Gasteiger partial charge >= 0.3 is 0 Å². The Hall–Kier alpha value is -2.77. The summed E-state index contributed by atoms with van der Waals surface area (Å²) in [7, 11) is 0. The maximum absolute atomic E-state index is 14.5. The zero-order valence-corrected chi connectivity index (χ0v) is 17.3. The molecule has 1 unspecified atom stereocenters. The molecule has 4 rings (SSSR count). The standard InChI is InChI=1S/C22H28FN5O2/c1-14(29)24-20(15-7-4-5-8-15)22(30)25-18-13-16(10-11-17(18)23)21-27-26-19-9-3-2-6-12-28(19)21/h10-11,13,15,20H,2-9,12H2,1H3,(H,24,29)(H,25,30). The Morgan fingerprint density at radius 3 is 2.70 bits per heavy atom. The quantitative estimate of drug-likeness (QED) is 0.786. The van der Waals surface area contributed by atoms with Crippen LogP contribution in [0.2, 0.25) is 0 Å². The molecule has 1 aromatic heterocycles. The largest absolute Gasteiger partial charge is 0.344 e. The Morgan fingerprint density at radius 2 is 1.93 bits per heavy atom. The zero-order valence-electron chi connectivity index (χ0n) is 17.3. The highest BCUT2D eigenvalue weighted by Gasteiger charge is 2.31. The van der Waals surface area contributed by atoms with Gasteiger partial charge < -0.3 is 15.2 Å². The van der Waals surface area contributed by atoms with Gasteiger partial charge in [0.2, 0.25) is 11.8 Å². The second-order valence-corrected chi connectivity index (χ2v) is 8.31. The van der Waals surface area contributed by atoms with Crippen LogP contribution in [-0.2, 0) is 22.6 Å². The van der Waals surface area contributed by atoms with Crippen LogP contribution in [0.4, 0.5) is 10.1 Å². The van der Waals surface area contributed by atoms with Crippen molar-refractivity contribution in [2.24, 2.45) is 5.92 Å². The van der Waals surface area contributed by atoms with Crippen molar-refractivity contribution in [2.45, 2.75) is 70.9 Å². The molecule has 2 aliphatic rings. The molecule has 2 N–H and O–H groups in total. The molecule has 2 amide bonds. The molecule has 0 radical (unpaired) electrons. The van der Waals surface area contributed by atoms with Crippen LogP contribution >= 0.6 is 0 Å². The summed E-state index contributed by atoms with van der Waals surface area (Å²) in [6.07, 6.45) is 8.03. The van der Waals surface area contributed by atoms with E-state index in [4.69, 9.17) is 0 Å². The van der Waals surface area contributed by atoms with E-state index in [2.05, 4.69) is 25.4 Å². The van der Waals surface area contributed by atoms with Crippen LogP contribution in [0.15, 0.2) is 18.2 Å². The first-order valence-corrected chi connectivity index (χ1v) is 10.8. The van der Waals surface area contributed by atoms with E-state index in [0.717, 1.165) is 63.7 Å². The van der Waals surface area contributed by atoms with Gasteiger partial charge in [0, 0.05) is 25.5 Å². The number of carbonyl (C=O) groups excluding carboxylic acids is 2. The van der Waals surface area contributed by atoms with Crippen molar-refractivity contribution in [3.8, 4) is 11.4 Å². The number of aryl methyl sites for hydroxylation is 1. The summed E-state index contributed by atoms with van der Waals surface area (Å²) in [5, 5.41) is 14.1. The zero-order chi connectivity index (χ0) is 21.1. The number of hydrogen-bond donors (Lipinski definition) is 2. The average molecular weight is 413 g/mol. The Kier molecular flexibility index (Phi) is 6.11. The van der Waals surface area contributed by atoms with Crippen molar-refractivity contribution in [2.75, 3.05) is 5.32 Å². The van der Waals surface area contributed by atoms with E-state index < -0.39 is 11.9 Å². The van der Waals surface area contributed by atoms with Crippen molar-refractivity contribution >= 4 is 17.5 Å². The van der Waals surface area contributed by atoms with Crippen molar-refractivity contribution < 1.29 is 14.0 Å². The highest BCUT2D eigenvalue weighted by Crippen LogP contribution is 2.30. The molecule has 1 aromatic carbocycles. The maximum atomic E-state index is 14.5. The second-order valence-electron chi connectivity index (χ2n) is 8.31. The SMILES string of the molecule is CC(=O)NC(C(=O)Nc1cc(-c2nnc3n2CCCCC3)ccc1F)C1CCCC1. The fraction of sp³-hybridized carbons (Fsp3) is 0.545. The van der Waals surface area contributed by atoms with Crippen molar-refractivity contribution in [3.63, 3.8) is 0 Å². The highest BCUT2D eigenvalue weighted by molar-refractivity contribution is 5.97. The lowest BCUT2D eigenvalue weighted by atomic mass is 9.97. The summed E-state index contributed by atoms with van der Waals surface area (Å²) in [6.45, 7) is 2.23. The van der Waals surface area contributed by atoms with E-state index in [1.807, 2.05) is 0 Å². The summed E-state index contributed by atoms with van der Waals surface area (Å²) in [5.41, 5.74) is 0.807. The smallest absolute Gasteiger partial charge is 0.247 e. The number of nitrogens with zero attached hydrogens (tertiary/aromatic N) is 3. The lowest BCUT2D eigenvalue weighted by Crippen LogP contribution is -2.47. The van der Waals surface area contributed by atoms with Gasteiger partial charge in [-0.1, -0.05) is 19.3 Å². The number of carbonyl (C=O) groups is 2. The molecule has 8 heteroatoms. The molecule has 2 heterocycles. The van der Waals surface area contributed by atoms with Crippen LogP contribution in [0.5, 0.6) is 0 Å². The van der Waals surface area contributed by atoms with Gasteiger partial charge in [-0.15, -0.1) is 10.2 Å². The molecule has 1 fully saturated rings. The molecular weight excluding hydrogens is 385 g/mol. The van der Waals surface area contributed by atoms with Gasteiger partial charge in [-0.25, -0.2) is 4.39 Å². The topological polar surface area (TPSA) is 88.9 Å². The fourth-order valence-corrected chi connectivity index (χ4v) is 4.58. The fourth-order valence-electron chi connectivity index (χ4n) is 4.58. The summed E-state index contributed by atoms with van der Waals surface area (Å²) in [5.74, 6) is 0.555. The average Bonchev–Trinajstić information content (AvgIpc) is 3.33. The molecule has 1 saturated carbocycles. The predicted octanol–water partition coefficient (Wildman–Crippen LogP) is 3.44. The van der Waals surface area contributed by atoms with E-state index in [9.17, 15) is 14.0 Å². The van der Waals surface area contributed by atoms with E-state index in [1.165, 1.54) is 13.0 Å². The number of benzene rings is 1. The number of amides is 2. The van der Waals surface area contributed by atoms with Gasteiger partial charge in [0.05, 0.1) is 5.69 Å². The van der Waals surface area contributed by atoms with E-state index in [1.54, 1.807) is 12.1 Å². The van der Waals surface area contributed by atoms with Crippen LogP contribution in [0.1, 0.15) is 57.7 Å². The first-order chi connectivity index (χ1) is 14.5. The summed E-state index contributed by atoms with van der Waals surface area (Å²) in [4.78, 5) is 24.6. The van der Waals surface area contributed by atoms with Gasteiger partial charge in [0.15, 0.2) is 5.82 Å². The molecule has 1 aliphatic carbocycles. The van der Waals surface area contributed by atoms with E-state index in [0.29, 0.717) is 11.4 Å². The molecular formula is C22H28FN5O2. The lowest BCUT2D eigenvalue weighted by Gasteiger charge is -2.23. The minimum Gasteiger partial charge on any atom is -0.344 e. The van der Waals surface area contributed by atoms with Gasteiger partial charge in [-0.05, 0) is 49.8 Å². The molecule has 160 valence electrons. The Bertz CT molecular complexity index is 936. The Balaban J connectivity index is 1.58. The third-order valence-electron chi connectivity index (χ3n) is 6.10. The monoisotopic (exact) mass is 413 g/mol. The molecule has 1 aliphatic heterocycles. The summed E-state index contributed by atoms with van der Waals surface area (Å²) < 4.78 is 16.6. The van der Waals surface area contributed by atoms with Crippen molar-refractivity contribution in [1.29, 1.82) is 0 Å². The van der Waals surface area contributed by atoms with Gasteiger partial charge in [-0.3, -0.25) is 9.59 Å². The third-order valence-corrected chi connectivity index (χ3v) is 6.10. The van der Waals surface area contributed by atoms with Gasteiger partial charge in [0.25, 0.3) is 0 Å². The molecule has 0 spiro atoms. The minimum atomic E-state index is -0.655.